The molecular formula is C26H23NO4. The Morgan fingerprint density at radius 1 is 0.968 bits per heavy atom. The van der Waals surface area contributed by atoms with Gasteiger partial charge in [0.05, 0.1) is 18.8 Å². The van der Waals surface area contributed by atoms with Gasteiger partial charge in [0.1, 0.15) is 5.75 Å². The third-order valence-corrected chi connectivity index (χ3v) is 4.48. The fourth-order valence-corrected chi connectivity index (χ4v) is 3.13. The molecule has 5 heteroatoms. The van der Waals surface area contributed by atoms with Gasteiger partial charge in [0.25, 0.3) is 0 Å². The van der Waals surface area contributed by atoms with E-state index < -0.39 is 5.97 Å². The summed E-state index contributed by atoms with van der Waals surface area (Å²) >= 11 is 0. The van der Waals surface area contributed by atoms with E-state index in [-0.39, 0.29) is 12.4 Å². The van der Waals surface area contributed by atoms with Crippen LogP contribution >= 0.6 is 0 Å². The van der Waals surface area contributed by atoms with Crippen LogP contribution in [0.4, 0.5) is 0 Å². The van der Waals surface area contributed by atoms with Crippen LogP contribution in [0.5, 0.6) is 17.2 Å². The summed E-state index contributed by atoms with van der Waals surface area (Å²) in [4.78, 5) is 12.3. The Labute approximate surface area is 182 Å². The number of carbonyl (C=O) groups excluding carboxylic acids is 1. The molecule has 0 heterocycles. The van der Waals surface area contributed by atoms with Crippen molar-refractivity contribution in [3.8, 4) is 23.3 Å². The molecule has 0 spiro atoms. The molecule has 3 aromatic rings. The molecule has 0 fully saturated rings. The molecule has 0 N–H and O–H groups in total. The molecule has 3 rings (SSSR count). The number of allylic oxidation sites excluding steroid dienone is 1. The molecule has 0 atom stereocenters. The number of hydrogen-bond donors (Lipinski definition) is 0. The van der Waals surface area contributed by atoms with Gasteiger partial charge in [0, 0.05) is 0 Å². The van der Waals surface area contributed by atoms with Crippen molar-refractivity contribution in [2.45, 2.75) is 13.8 Å². The van der Waals surface area contributed by atoms with Crippen molar-refractivity contribution in [2.75, 3.05) is 13.7 Å². The van der Waals surface area contributed by atoms with Crippen LogP contribution in [0.2, 0.25) is 0 Å². The van der Waals surface area contributed by atoms with Crippen molar-refractivity contribution in [3.63, 3.8) is 0 Å². The minimum atomic E-state index is -0.539. The van der Waals surface area contributed by atoms with E-state index in [0.717, 1.165) is 22.3 Å². The Balaban J connectivity index is 1.71. The van der Waals surface area contributed by atoms with Crippen molar-refractivity contribution in [1.29, 1.82) is 5.26 Å². The largest absolute Gasteiger partial charge is 0.493 e. The van der Waals surface area contributed by atoms with E-state index >= 15 is 0 Å². The van der Waals surface area contributed by atoms with Gasteiger partial charge in [-0.2, -0.15) is 5.26 Å². The molecule has 5 nitrogen and oxygen atoms in total. The predicted octanol–water partition coefficient (Wildman–Crippen LogP) is 5.36. The summed E-state index contributed by atoms with van der Waals surface area (Å²) in [5, 5.41) is 9.50. The zero-order chi connectivity index (χ0) is 22.2. The second-order valence-corrected chi connectivity index (χ2v) is 7.03. The van der Waals surface area contributed by atoms with Crippen molar-refractivity contribution < 1.29 is 19.0 Å². The van der Waals surface area contributed by atoms with E-state index in [9.17, 15) is 10.1 Å². The third kappa shape index (κ3) is 5.97. The fraction of sp³-hybridized carbons (Fsp3) is 0.154. The Morgan fingerprint density at radius 3 is 2.32 bits per heavy atom. The van der Waals surface area contributed by atoms with E-state index in [4.69, 9.17) is 14.2 Å². The molecule has 0 saturated heterocycles. The highest BCUT2D eigenvalue weighted by atomic mass is 16.6. The standard InChI is InChI=1S/C26H23NO4/c1-18-11-19(2)13-23(12-18)30-17-26(28)31-24-10-9-20(15-25(24)29-3)14-22(16-27)21-7-5-4-6-8-21/h4-15H,17H2,1-3H3. The van der Waals surface area contributed by atoms with Crippen LogP contribution in [0.1, 0.15) is 22.3 Å². The van der Waals surface area contributed by atoms with Crippen molar-refractivity contribution in [3.05, 3.63) is 89.0 Å². The molecular weight excluding hydrogens is 390 g/mol. The Hall–Kier alpha value is -4.04. The molecule has 0 saturated carbocycles. The first-order valence-electron chi connectivity index (χ1n) is 9.75. The van der Waals surface area contributed by atoms with Gasteiger partial charge in [-0.25, -0.2) is 4.79 Å². The first-order valence-corrected chi connectivity index (χ1v) is 9.75. The number of ether oxygens (including phenoxy) is 3. The average Bonchev–Trinajstić information content (AvgIpc) is 2.77. The van der Waals surface area contributed by atoms with E-state index in [2.05, 4.69) is 6.07 Å². The molecule has 0 aromatic heterocycles. The lowest BCUT2D eigenvalue weighted by Gasteiger charge is -2.11. The van der Waals surface area contributed by atoms with E-state index in [0.29, 0.717) is 17.1 Å². The van der Waals surface area contributed by atoms with Gasteiger partial charge in [0.2, 0.25) is 0 Å². The zero-order valence-electron chi connectivity index (χ0n) is 17.7. The smallest absolute Gasteiger partial charge is 0.349 e. The molecule has 156 valence electrons. The summed E-state index contributed by atoms with van der Waals surface area (Å²) < 4.78 is 16.3. The van der Waals surface area contributed by atoms with Crippen molar-refractivity contribution >= 4 is 17.6 Å². The van der Waals surface area contributed by atoms with Crippen molar-refractivity contribution in [1.82, 2.24) is 0 Å². The Bertz CT molecular complexity index is 1120. The average molecular weight is 413 g/mol. The highest BCUT2D eigenvalue weighted by Gasteiger charge is 2.12. The normalized spacial score (nSPS) is 10.8. The number of methoxy groups -OCH3 is 1. The van der Waals surface area contributed by atoms with Crippen LogP contribution in [-0.2, 0) is 4.79 Å². The van der Waals surface area contributed by atoms with Gasteiger partial charge in [-0.15, -0.1) is 0 Å². The van der Waals surface area contributed by atoms with Crippen LogP contribution in [0.3, 0.4) is 0 Å². The Morgan fingerprint density at radius 2 is 1.68 bits per heavy atom. The van der Waals surface area contributed by atoms with Crippen LogP contribution in [0.25, 0.3) is 11.6 Å². The van der Waals surface area contributed by atoms with Gasteiger partial charge in [-0.05, 0) is 66.4 Å². The van der Waals surface area contributed by atoms with Gasteiger partial charge >= 0.3 is 5.97 Å². The second-order valence-electron chi connectivity index (χ2n) is 7.03. The maximum atomic E-state index is 12.3. The van der Waals surface area contributed by atoms with E-state index in [1.807, 2.05) is 62.4 Å². The molecule has 0 radical (unpaired) electrons. The third-order valence-electron chi connectivity index (χ3n) is 4.48. The van der Waals surface area contributed by atoms with Gasteiger partial charge in [-0.3, -0.25) is 0 Å². The highest BCUT2D eigenvalue weighted by molar-refractivity contribution is 5.89. The molecule has 0 aliphatic heterocycles. The number of aryl methyl sites for hydroxylation is 2. The molecule has 0 aliphatic rings. The van der Waals surface area contributed by atoms with Crippen molar-refractivity contribution in [2.24, 2.45) is 0 Å². The predicted molar refractivity (Wildman–Crippen MR) is 120 cm³/mol. The molecule has 0 amide bonds. The van der Waals surface area contributed by atoms with Crippen LogP contribution in [-0.4, -0.2) is 19.7 Å². The van der Waals surface area contributed by atoms with Crippen LogP contribution < -0.4 is 14.2 Å². The van der Waals surface area contributed by atoms with Gasteiger partial charge < -0.3 is 14.2 Å². The number of benzene rings is 3. The molecule has 3 aromatic carbocycles. The number of carbonyl (C=O) groups is 1. The van der Waals surface area contributed by atoms with Crippen LogP contribution in [0, 0.1) is 25.2 Å². The number of nitrogens with zero attached hydrogens (tertiary/aromatic N) is 1. The first kappa shape index (κ1) is 21.7. The topological polar surface area (TPSA) is 68.5 Å². The number of nitriles is 1. The lowest BCUT2D eigenvalue weighted by Crippen LogP contribution is -2.18. The fourth-order valence-electron chi connectivity index (χ4n) is 3.13. The summed E-state index contributed by atoms with van der Waals surface area (Å²) in [6, 6.07) is 22.5. The Kier molecular flexibility index (Phi) is 7.08. The summed E-state index contributed by atoms with van der Waals surface area (Å²) in [6.45, 7) is 3.71. The lowest BCUT2D eigenvalue weighted by atomic mass is 10.0. The molecule has 0 unspecified atom stereocenters. The molecule has 0 bridgehead atoms. The summed E-state index contributed by atoms with van der Waals surface area (Å²) in [7, 11) is 1.49. The van der Waals surface area contributed by atoms with Gasteiger partial charge in [0.15, 0.2) is 18.1 Å². The maximum absolute atomic E-state index is 12.3. The minimum Gasteiger partial charge on any atom is -0.493 e. The maximum Gasteiger partial charge on any atom is 0.349 e. The monoisotopic (exact) mass is 413 g/mol. The van der Waals surface area contributed by atoms with Gasteiger partial charge in [-0.1, -0.05) is 42.5 Å². The quantitative estimate of drug-likeness (QED) is 0.226. The lowest BCUT2D eigenvalue weighted by molar-refractivity contribution is -0.136. The van der Waals surface area contributed by atoms with E-state index in [1.165, 1.54) is 7.11 Å². The van der Waals surface area contributed by atoms with E-state index in [1.54, 1.807) is 24.3 Å². The summed E-state index contributed by atoms with van der Waals surface area (Å²) in [5.74, 6) is 0.750. The first-order chi connectivity index (χ1) is 15.0. The minimum absolute atomic E-state index is 0.222. The summed E-state index contributed by atoms with van der Waals surface area (Å²) in [6.07, 6.45) is 1.76. The number of hydrogen-bond acceptors (Lipinski definition) is 5. The SMILES string of the molecule is COc1cc(C=C(C#N)c2ccccc2)ccc1OC(=O)COc1cc(C)cc(C)c1. The number of esters is 1. The summed E-state index contributed by atoms with van der Waals surface area (Å²) in [5.41, 5.74) is 4.21. The molecule has 0 aliphatic carbocycles. The second kappa shape index (κ2) is 10.1. The van der Waals surface area contributed by atoms with Crippen LogP contribution in [0.15, 0.2) is 66.7 Å². The highest BCUT2D eigenvalue weighted by Crippen LogP contribution is 2.30. The number of rotatable bonds is 7. The zero-order valence-corrected chi connectivity index (χ0v) is 17.7. The molecule has 31 heavy (non-hydrogen) atoms.